The Hall–Kier alpha value is -1.06. The molecule has 0 atom stereocenters. The van der Waals surface area contributed by atoms with E-state index >= 15 is 0 Å². The van der Waals surface area contributed by atoms with Gasteiger partial charge in [0.2, 0.25) is 0 Å². The second kappa shape index (κ2) is 4.50. The van der Waals surface area contributed by atoms with Crippen molar-refractivity contribution in [2.75, 3.05) is 0 Å². The first-order valence-electron chi connectivity index (χ1n) is 7.06. The van der Waals surface area contributed by atoms with Crippen LogP contribution >= 0.6 is 11.6 Å². The van der Waals surface area contributed by atoms with Crippen LogP contribution in [-0.2, 0) is 5.54 Å². The standard InChI is InChI=1S/C15H20ClN3/c1-3-15(17,4-2)14-18-12-9-10(16)5-8-13(12)19(14)11-6-7-11/h5,8-9,11H,3-4,6-7,17H2,1-2H3. The monoisotopic (exact) mass is 277 g/mol. The lowest BCUT2D eigenvalue weighted by Gasteiger charge is -2.27. The van der Waals surface area contributed by atoms with Crippen LogP contribution in [0.1, 0.15) is 51.4 Å². The van der Waals surface area contributed by atoms with Gasteiger partial charge in [-0.2, -0.15) is 0 Å². The highest BCUT2D eigenvalue weighted by atomic mass is 35.5. The second-order valence-corrected chi connectivity index (χ2v) is 5.97. The van der Waals surface area contributed by atoms with Crippen molar-refractivity contribution < 1.29 is 0 Å². The maximum absolute atomic E-state index is 6.57. The van der Waals surface area contributed by atoms with Crippen molar-refractivity contribution in [3.05, 3.63) is 29.0 Å². The molecule has 0 aliphatic heterocycles. The van der Waals surface area contributed by atoms with Crippen molar-refractivity contribution in [1.29, 1.82) is 0 Å². The van der Waals surface area contributed by atoms with E-state index in [0.29, 0.717) is 6.04 Å². The van der Waals surface area contributed by atoms with Gasteiger partial charge in [0.05, 0.1) is 16.6 Å². The number of hydrogen-bond donors (Lipinski definition) is 1. The third kappa shape index (κ3) is 2.05. The van der Waals surface area contributed by atoms with Crippen molar-refractivity contribution in [3.8, 4) is 0 Å². The molecular weight excluding hydrogens is 258 g/mol. The molecule has 3 nitrogen and oxygen atoms in total. The average molecular weight is 278 g/mol. The van der Waals surface area contributed by atoms with Gasteiger partial charge in [-0.05, 0) is 43.9 Å². The number of nitrogens with two attached hydrogens (primary N) is 1. The molecular formula is C15H20ClN3. The summed E-state index contributed by atoms with van der Waals surface area (Å²) in [6.07, 6.45) is 4.25. The quantitative estimate of drug-likeness (QED) is 0.918. The highest BCUT2D eigenvalue weighted by molar-refractivity contribution is 6.31. The van der Waals surface area contributed by atoms with Crippen LogP contribution in [0, 0.1) is 0 Å². The van der Waals surface area contributed by atoms with E-state index in [0.717, 1.165) is 29.2 Å². The summed E-state index contributed by atoms with van der Waals surface area (Å²) in [5, 5.41) is 0.732. The third-order valence-electron chi connectivity index (χ3n) is 4.27. The molecule has 1 aliphatic carbocycles. The zero-order valence-electron chi connectivity index (χ0n) is 11.5. The van der Waals surface area contributed by atoms with Crippen LogP contribution in [0.15, 0.2) is 18.2 Å². The number of benzene rings is 1. The Kier molecular flexibility index (Phi) is 3.06. The highest BCUT2D eigenvalue weighted by Gasteiger charge is 2.35. The Bertz CT molecular complexity index is 609. The summed E-state index contributed by atoms with van der Waals surface area (Å²) in [5.74, 6) is 1.03. The van der Waals surface area contributed by atoms with Crippen LogP contribution in [0.5, 0.6) is 0 Å². The third-order valence-corrected chi connectivity index (χ3v) is 4.51. The van der Waals surface area contributed by atoms with E-state index in [1.165, 1.54) is 18.4 Å². The van der Waals surface area contributed by atoms with Gasteiger partial charge in [-0.25, -0.2) is 4.98 Å². The molecule has 0 unspecified atom stereocenters. The first kappa shape index (κ1) is 12.9. The largest absolute Gasteiger partial charge is 0.323 e. The fourth-order valence-electron chi connectivity index (χ4n) is 2.69. The molecule has 1 aromatic heterocycles. The van der Waals surface area contributed by atoms with Gasteiger partial charge in [0.1, 0.15) is 5.82 Å². The molecule has 4 heteroatoms. The smallest absolute Gasteiger partial charge is 0.130 e. The summed E-state index contributed by atoms with van der Waals surface area (Å²) < 4.78 is 2.35. The van der Waals surface area contributed by atoms with Gasteiger partial charge < -0.3 is 10.3 Å². The first-order valence-corrected chi connectivity index (χ1v) is 7.43. The molecule has 1 saturated carbocycles. The van der Waals surface area contributed by atoms with Gasteiger partial charge in [-0.1, -0.05) is 25.4 Å². The van der Waals surface area contributed by atoms with Gasteiger partial charge in [0.15, 0.2) is 0 Å². The van der Waals surface area contributed by atoms with E-state index in [-0.39, 0.29) is 5.54 Å². The summed E-state index contributed by atoms with van der Waals surface area (Å²) in [4.78, 5) is 4.80. The minimum atomic E-state index is -0.339. The molecule has 102 valence electrons. The predicted molar refractivity (Wildman–Crippen MR) is 79.5 cm³/mol. The zero-order valence-corrected chi connectivity index (χ0v) is 12.2. The van der Waals surface area contributed by atoms with E-state index in [2.05, 4.69) is 24.5 Å². The lowest BCUT2D eigenvalue weighted by molar-refractivity contribution is 0.371. The Morgan fingerprint density at radius 3 is 2.63 bits per heavy atom. The summed E-state index contributed by atoms with van der Waals surface area (Å²) in [6, 6.07) is 6.51. The van der Waals surface area contributed by atoms with Gasteiger partial charge in [0.25, 0.3) is 0 Å². The van der Waals surface area contributed by atoms with Crippen LogP contribution < -0.4 is 5.73 Å². The number of halogens is 1. The first-order chi connectivity index (χ1) is 9.09. The fourth-order valence-corrected chi connectivity index (χ4v) is 2.86. The summed E-state index contributed by atoms with van der Waals surface area (Å²) in [7, 11) is 0. The highest BCUT2D eigenvalue weighted by Crippen LogP contribution is 2.42. The van der Waals surface area contributed by atoms with E-state index in [9.17, 15) is 0 Å². The lowest BCUT2D eigenvalue weighted by atomic mass is 9.93. The van der Waals surface area contributed by atoms with Gasteiger partial charge in [-0.3, -0.25) is 0 Å². The number of nitrogens with zero attached hydrogens (tertiary/aromatic N) is 2. The molecule has 0 saturated heterocycles. The van der Waals surface area contributed by atoms with E-state index in [4.69, 9.17) is 22.3 Å². The number of imidazole rings is 1. The van der Waals surface area contributed by atoms with E-state index in [1.54, 1.807) is 0 Å². The van der Waals surface area contributed by atoms with E-state index < -0.39 is 0 Å². The van der Waals surface area contributed by atoms with Crippen molar-refractivity contribution in [1.82, 2.24) is 9.55 Å². The Morgan fingerprint density at radius 2 is 2.05 bits per heavy atom. The van der Waals surface area contributed by atoms with Gasteiger partial charge in [-0.15, -0.1) is 0 Å². The van der Waals surface area contributed by atoms with Crippen molar-refractivity contribution in [2.45, 2.75) is 51.1 Å². The zero-order chi connectivity index (χ0) is 13.6. The number of fused-ring (bicyclic) bond motifs is 1. The Labute approximate surface area is 118 Å². The topological polar surface area (TPSA) is 43.8 Å². The maximum atomic E-state index is 6.57. The van der Waals surface area contributed by atoms with Crippen LogP contribution in [0.25, 0.3) is 11.0 Å². The molecule has 0 amide bonds. The molecule has 3 rings (SSSR count). The molecule has 0 spiro atoms. The lowest BCUT2D eigenvalue weighted by Crippen LogP contribution is -2.38. The molecule has 2 aromatic rings. The summed E-state index contributed by atoms with van der Waals surface area (Å²) >= 11 is 6.08. The minimum Gasteiger partial charge on any atom is -0.323 e. The molecule has 19 heavy (non-hydrogen) atoms. The summed E-state index contributed by atoms with van der Waals surface area (Å²) in [5.41, 5.74) is 8.36. The van der Waals surface area contributed by atoms with Crippen LogP contribution in [0.2, 0.25) is 5.02 Å². The minimum absolute atomic E-state index is 0.339. The van der Waals surface area contributed by atoms with E-state index in [1.807, 2.05) is 12.1 Å². The summed E-state index contributed by atoms with van der Waals surface area (Å²) in [6.45, 7) is 4.26. The Balaban J connectivity index is 2.25. The van der Waals surface area contributed by atoms with Crippen molar-refractivity contribution in [3.63, 3.8) is 0 Å². The number of hydrogen-bond acceptors (Lipinski definition) is 2. The fraction of sp³-hybridized carbons (Fsp3) is 0.533. The Morgan fingerprint density at radius 1 is 1.37 bits per heavy atom. The van der Waals surface area contributed by atoms with Crippen LogP contribution in [0.4, 0.5) is 0 Å². The molecule has 0 bridgehead atoms. The molecule has 1 heterocycles. The number of aromatic nitrogens is 2. The van der Waals surface area contributed by atoms with Crippen molar-refractivity contribution >= 4 is 22.6 Å². The average Bonchev–Trinajstić information content (AvgIpc) is 3.18. The molecule has 0 radical (unpaired) electrons. The second-order valence-electron chi connectivity index (χ2n) is 5.53. The van der Waals surface area contributed by atoms with Gasteiger partial charge in [0, 0.05) is 11.1 Å². The predicted octanol–water partition coefficient (Wildman–Crippen LogP) is 4.00. The molecule has 1 fully saturated rings. The molecule has 1 aromatic carbocycles. The van der Waals surface area contributed by atoms with Crippen molar-refractivity contribution in [2.24, 2.45) is 5.73 Å². The van der Waals surface area contributed by atoms with Gasteiger partial charge >= 0.3 is 0 Å². The molecule has 1 aliphatic rings. The van der Waals surface area contributed by atoms with Crippen LogP contribution in [0.3, 0.4) is 0 Å². The van der Waals surface area contributed by atoms with Crippen LogP contribution in [-0.4, -0.2) is 9.55 Å². The maximum Gasteiger partial charge on any atom is 0.130 e. The number of rotatable bonds is 4. The molecule has 2 N–H and O–H groups in total. The SMILES string of the molecule is CCC(N)(CC)c1nc2cc(Cl)ccc2n1C1CC1. The normalized spacial score (nSPS) is 16.2.